The summed E-state index contributed by atoms with van der Waals surface area (Å²) in [4.78, 5) is 58.6. The van der Waals surface area contributed by atoms with E-state index < -0.39 is 15.5 Å². The predicted octanol–water partition coefficient (Wildman–Crippen LogP) is 4.20. The Hall–Kier alpha value is -5.05. The standard InChI is InChI=1S/C20H22N4O3.C6H4BrN3O4/c1-13(25)22-18-12-14(8-9-17(18)21)23(2)10-5-11-24-19(26)15-6-3-4-7-16(15)20(24)27;7-4-1-3(9(11)12)2-5(6(4)8)10(13)14/h3-4,6-9,12H,5,10-11,21H2,1-2H3,(H,22,25);1-2H,8H2. The topological polar surface area (TPSA) is 208 Å². The quantitative estimate of drug-likeness (QED) is 0.140. The van der Waals surface area contributed by atoms with Crippen LogP contribution in [0.4, 0.5) is 34.1 Å². The fraction of sp³-hybridized carbons (Fsp3) is 0.192. The lowest BCUT2D eigenvalue weighted by Crippen LogP contribution is -2.33. The number of nitrogens with zero attached hydrogens (tertiary/aromatic N) is 4. The second-order valence-corrected chi connectivity index (χ2v) is 9.76. The third-order valence-corrected chi connectivity index (χ3v) is 6.70. The van der Waals surface area contributed by atoms with Crippen molar-refractivity contribution in [3.05, 3.63) is 90.4 Å². The summed E-state index contributed by atoms with van der Waals surface area (Å²) in [6, 6.07) is 14.2. The summed E-state index contributed by atoms with van der Waals surface area (Å²) < 4.78 is 0.137. The second kappa shape index (κ2) is 12.9. The van der Waals surface area contributed by atoms with E-state index in [1.165, 1.54) is 11.8 Å². The van der Waals surface area contributed by atoms with E-state index in [0.717, 1.165) is 17.8 Å². The van der Waals surface area contributed by atoms with Crippen molar-refractivity contribution < 1.29 is 24.2 Å². The van der Waals surface area contributed by atoms with Crippen LogP contribution in [0.1, 0.15) is 34.1 Å². The summed E-state index contributed by atoms with van der Waals surface area (Å²) in [5.74, 6) is -0.663. The Kier molecular flexibility index (Phi) is 9.57. The number of hydrogen-bond donors (Lipinski definition) is 3. The molecular formula is C26H26BrN7O7. The van der Waals surface area contributed by atoms with Gasteiger partial charge in [0, 0.05) is 38.8 Å². The predicted molar refractivity (Wildman–Crippen MR) is 157 cm³/mol. The molecule has 15 heteroatoms. The molecule has 214 valence electrons. The normalized spacial score (nSPS) is 11.8. The van der Waals surface area contributed by atoms with Crippen LogP contribution in [-0.4, -0.2) is 52.6 Å². The number of nitrogen functional groups attached to an aromatic ring is 2. The number of fused-ring (bicyclic) bond motifs is 1. The van der Waals surface area contributed by atoms with Gasteiger partial charge in [-0.3, -0.25) is 39.5 Å². The maximum Gasteiger partial charge on any atom is 0.300 e. The van der Waals surface area contributed by atoms with Gasteiger partial charge in [0.25, 0.3) is 23.2 Å². The summed E-state index contributed by atoms with van der Waals surface area (Å²) in [6.07, 6.45) is 0.627. The average Bonchev–Trinajstić information content (AvgIpc) is 3.16. The number of hydrogen-bond acceptors (Lipinski definition) is 10. The molecule has 0 aromatic heterocycles. The third kappa shape index (κ3) is 7.13. The van der Waals surface area contributed by atoms with Crippen LogP contribution >= 0.6 is 15.9 Å². The Morgan fingerprint density at radius 1 is 1.00 bits per heavy atom. The Morgan fingerprint density at radius 3 is 2.15 bits per heavy atom. The van der Waals surface area contributed by atoms with Gasteiger partial charge in [0.2, 0.25) is 5.91 Å². The lowest BCUT2D eigenvalue weighted by molar-refractivity contribution is -0.393. The summed E-state index contributed by atoms with van der Waals surface area (Å²) in [7, 11) is 1.91. The molecule has 3 amide bonds. The van der Waals surface area contributed by atoms with Gasteiger partial charge in [-0.2, -0.15) is 0 Å². The zero-order valence-corrected chi connectivity index (χ0v) is 23.6. The van der Waals surface area contributed by atoms with Crippen molar-refractivity contribution in [1.82, 2.24) is 4.90 Å². The van der Waals surface area contributed by atoms with Crippen molar-refractivity contribution in [2.45, 2.75) is 13.3 Å². The van der Waals surface area contributed by atoms with Crippen LogP contribution < -0.4 is 21.7 Å². The number of anilines is 4. The first kappa shape index (κ1) is 30.5. The highest BCUT2D eigenvalue weighted by Crippen LogP contribution is 2.34. The number of nitrogens with one attached hydrogen (secondary N) is 1. The molecule has 3 aromatic rings. The number of carbonyl (C=O) groups excluding carboxylic acids is 3. The minimum Gasteiger partial charge on any atom is -0.397 e. The monoisotopic (exact) mass is 627 g/mol. The second-order valence-electron chi connectivity index (χ2n) is 8.91. The van der Waals surface area contributed by atoms with Gasteiger partial charge in [-0.1, -0.05) is 12.1 Å². The molecule has 0 bridgehead atoms. The van der Waals surface area contributed by atoms with E-state index in [1.807, 2.05) is 18.0 Å². The molecule has 0 saturated heterocycles. The molecule has 0 spiro atoms. The highest BCUT2D eigenvalue weighted by Gasteiger charge is 2.34. The van der Waals surface area contributed by atoms with E-state index in [0.29, 0.717) is 42.0 Å². The molecule has 1 heterocycles. The van der Waals surface area contributed by atoms with Gasteiger partial charge in [0.1, 0.15) is 5.69 Å². The molecule has 0 aliphatic carbocycles. The third-order valence-electron chi connectivity index (χ3n) is 6.04. The molecule has 5 N–H and O–H groups in total. The van der Waals surface area contributed by atoms with Crippen molar-refractivity contribution in [1.29, 1.82) is 0 Å². The first-order valence-corrected chi connectivity index (χ1v) is 12.8. The maximum atomic E-state index is 12.4. The van der Waals surface area contributed by atoms with Crippen LogP contribution in [0.3, 0.4) is 0 Å². The Morgan fingerprint density at radius 2 is 1.61 bits per heavy atom. The van der Waals surface area contributed by atoms with Crippen LogP contribution in [-0.2, 0) is 4.79 Å². The maximum absolute atomic E-state index is 12.4. The first-order valence-electron chi connectivity index (χ1n) is 12.0. The number of benzene rings is 3. The molecule has 0 atom stereocenters. The number of nitro groups is 2. The molecule has 0 saturated carbocycles. The molecule has 0 unspecified atom stereocenters. The lowest BCUT2D eigenvalue weighted by atomic mass is 10.1. The Labute approximate surface area is 242 Å². The number of rotatable bonds is 8. The van der Waals surface area contributed by atoms with Gasteiger partial charge in [-0.15, -0.1) is 0 Å². The average molecular weight is 628 g/mol. The van der Waals surface area contributed by atoms with Crippen LogP contribution in [0.25, 0.3) is 0 Å². The number of imide groups is 1. The highest BCUT2D eigenvalue weighted by molar-refractivity contribution is 9.10. The van der Waals surface area contributed by atoms with Gasteiger partial charge in [0.15, 0.2) is 0 Å². The van der Waals surface area contributed by atoms with Crippen LogP contribution in [0.15, 0.2) is 59.1 Å². The van der Waals surface area contributed by atoms with Crippen molar-refractivity contribution in [2.75, 3.05) is 41.8 Å². The zero-order chi connectivity index (χ0) is 30.4. The fourth-order valence-corrected chi connectivity index (χ4v) is 4.40. The van der Waals surface area contributed by atoms with Crippen LogP contribution in [0, 0.1) is 20.2 Å². The van der Waals surface area contributed by atoms with Crippen LogP contribution in [0.2, 0.25) is 0 Å². The SMILES string of the molecule is CC(=O)Nc1cc(N(C)CCCN2C(=O)c3ccccc3C2=O)ccc1N.Nc1c(Br)cc([N+](=O)[O-])cc1[N+](=O)[O-]. The van der Waals surface area contributed by atoms with E-state index >= 15 is 0 Å². The summed E-state index contributed by atoms with van der Waals surface area (Å²) in [5.41, 5.74) is 13.1. The first-order chi connectivity index (χ1) is 19.3. The minimum atomic E-state index is -0.771. The largest absolute Gasteiger partial charge is 0.397 e. The number of nitrogens with two attached hydrogens (primary N) is 2. The molecule has 4 rings (SSSR count). The number of nitro benzene ring substituents is 2. The number of non-ortho nitro benzene ring substituents is 1. The number of carbonyl (C=O) groups is 3. The Bertz CT molecular complexity index is 1510. The van der Waals surface area contributed by atoms with Crippen molar-refractivity contribution in [3.8, 4) is 0 Å². The van der Waals surface area contributed by atoms with E-state index in [2.05, 4.69) is 21.2 Å². The molecule has 1 aliphatic rings. The van der Waals surface area contributed by atoms with Gasteiger partial charge >= 0.3 is 0 Å². The molecular weight excluding hydrogens is 602 g/mol. The molecule has 3 aromatic carbocycles. The Balaban J connectivity index is 0.000000278. The molecule has 0 fully saturated rings. The zero-order valence-electron chi connectivity index (χ0n) is 22.0. The highest BCUT2D eigenvalue weighted by atomic mass is 79.9. The number of amides is 3. The molecule has 1 aliphatic heterocycles. The van der Waals surface area contributed by atoms with Crippen LogP contribution in [0.5, 0.6) is 0 Å². The van der Waals surface area contributed by atoms with E-state index in [1.54, 1.807) is 36.4 Å². The summed E-state index contributed by atoms with van der Waals surface area (Å²) in [6.45, 7) is 2.42. The van der Waals surface area contributed by atoms with Crippen molar-refractivity contribution in [3.63, 3.8) is 0 Å². The van der Waals surface area contributed by atoms with E-state index in [9.17, 15) is 34.6 Å². The minimum absolute atomic E-state index is 0.124. The number of halogens is 1. The van der Waals surface area contributed by atoms with Crippen molar-refractivity contribution in [2.24, 2.45) is 0 Å². The summed E-state index contributed by atoms with van der Waals surface area (Å²) >= 11 is 2.90. The van der Waals surface area contributed by atoms with E-state index in [4.69, 9.17) is 11.5 Å². The fourth-order valence-electron chi connectivity index (χ4n) is 3.96. The smallest absolute Gasteiger partial charge is 0.300 e. The molecule has 41 heavy (non-hydrogen) atoms. The van der Waals surface area contributed by atoms with E-state index in [-0.39, 0.29) is 33.6 Å². The van der Waals surface area contributed by atoms with Crippen molar-refractivity contribution >= 4 is 67.8 Å². The van der Waals surface area contributed by atoms with Gasteiger partial charge in [0.05, 0.1) is 42.9 Å². The molecule has 14 nitrogen and oxygen atoms in total. The molecule has 0 radical (unpaired) electrons. The van der Waals surface area contributed by atoms with Gasteiger partial charge < -0.3 is 21.7 Å². The lowest BCUT2D eigenvalue weighted by Gasteiger charge is -2.22. The van der Waals surface area contributed by atoms with Gasteiger partial charge in [-0.05, 0) is 52.7 Å². The van der Waals surface area contributed by atoms with Gasteiger partial charge in [-0.25, -0.2) is 0 Å². The summed E-state index contributed by atoms with van der Waals surface area (Å²) in [5, 5.41) is 23.5.